The Morgan fingerprint density at radius 3 is 2.58 bits per heavy atom. The van der Waals surface area contributed by atoms with Gasteiger partial charge in [-0.25, -0.2) is 15.1 Å². The van der Waals surface area contributed by atoms with Gasteiger partial charge in [0, 0.05) is 57.4 Å². The minimum Gasteiger partial charge on any atom is -0.365 e. The predicted octanol–water partition coefficient (Wildman–Crippen LogP) is 2.94. The van der Waals surface area contributed by atoms with E-state index in [1.807, 2.05) is 58.7 Å². The van der Waals surface area contributed by atoms with Crippen molar-refractivity contribution in [3.63, 3.8) is 0 Å². The number of hydrogen-bond acceptors (Lipinski definition) is 5. The summed E-state index contributed by atoms with van der Waals surface area (Å²) in [6, 6.07) is 13.3. The van der Waals surface area contributed by atoms with E-state index in [9.17, 15) is 19.7 Å². The molecule has 0 saturated heterocycles. The standard InChI is InChI=1S/C24H20BrN7O4/c25-17-7-3-6-14-16(12-31(21(14)17)10-4-9-27-24(26)30-32(35)36)20-19(22(33)29-23(20)34)15-11-28-18-8-2-1-5-13(15)18/h1-3,5-8,11-12,28H,4,9-10H2,(H3,26,27,30)(H,29,33,34). The number of carbonyl (C=O) groups is 2. The molecule has 11 nitrogen and oxygen atoms in total. The highest BCUT2D eigenvalue weighted by Gasteiger charge is 2.35. The summed E-state index contributed by atoms with van der Waals surface area (Å²) in [6.45, 7) is 0.758. The van der Waals surface area contributed by atoms with Crippen LogP contribution in [0.4, 0.5) is 0 Å². The average Bonchev–Trinajstić information content (AvgIpc) is 3.49. The van der Waals surface area contributed by atoms with Gasteiger partial charge in [-0.2, -0.15) is 0 Å². The Labute approximate surface area is 212 Å². The van der Waals surface area contributed by atoms with Gasteiger partial charge in [0.15, 0.2) is 5.03 Å². The molecule has 0 fully saturated rings. The van der Waals surface area contributed by atoms with Crippen LogP contribution in [-0.4, -0.2) is 38.9 Å². The molecule has 0 atom stereocenters. The SMILES string of the molecule is NC(=NCCCn1cc(C2=C(c3c[nH]c4ccccc34)C(=O)NC2=O)c2cccc(Br)c21)N[N+](=O)[O-]. The summed E-state index contributed by atoms with van der Waals surface area (Å²) in [5, 5.41) is 13.8. The average molecular weight is 550 g/mol. The topological polar surface area (TPSA) is 160 Å². The van der Waals surface area contributed by atoms with Crippen LogP contribution < -0.4 is 16.5 Å². The first-order valence-corrected chi connectivity index (χ1v) is 11.8. The number of carbonyl (C=O) groups excluding carboxylic acids is 2. The number of benzene rings is 2. The number of fused-ring (bicyclic) bond motifs is 2. The molecule has 3 heterocycles. The number of imide groups is 1. The summed E-state index contributed by atoms with van der Waals surface area (Å²) in [4.78, 5) is 43.6. The number of halogens is 1. The maximum atomic E-state index is 13.1. The van der Waals surface area contributed by atoms with Crippen molar-refractivity contribution in [3.05, 3.63) is 80.6 Å². The van der Waals surface area contributed by atoms with Crippen molar-refractivity contribution in [3.8, 4) is 0 Å². The lowest BCUT2D eigenvalue weighted by Crippen LogP contribution is -2.36. The molecule has 0 spiro atoms. The maximum Gasteiger partial charge on any atom is 0.259 e. The van der Waals surface area contributed by atoms with Crippen molar-refractivity contribution < 1.29 is 14.6 Å². The molecule has 0 unspecified atom stereocenters. The van der Waals surface area contributed by atoms with Gasteiger partial charge in [0.1, 0.15) is 0 Å². The van der Waals surface area contributed by atoms with Gasteiger partial charge in [-0.1, -0.05) is 35.8 Å². The van der Waals surface area contributed by atoms with Crippen LogP contribution in [0.25, 0.3) is 33.0 Å². The van der Waals surface area contributed by atoms with E-state index in [-0.39, 0.29) is 12.5 Å². The van der Waals surface area contributed by atoms with E-state index in [4.69, 9.17) is 5.73 Å². The van der Waals surface area contributed by atoms with Crippen LogP contribution in [0.3, 0.4) is 0 Å². The number of guanidine groups is 1. The summed E-state index contributed by atoms with van der Waals surface area (Å²) < 4.78 is 2.79. The fourth-order valence-corrected chi connectivity index (χ4v) is 5.10. The number of nitrogens with two attached hydrogens (primary N) is 1. The van der Waals surface area contributed by atoms with Crippen molar-refractivity contribution in [1.29, 1.82) is 0 Å². The van der Waals surface area contributed by atoms with E-state index in [1.165, 1.54) is 0 Å². The highest BCUT2D eigenvalue weighted by atomic mass is 79.9. The number of para-hydroxylation sites is 2. The maximum absolute atomic E-state index is 13.1. The molecule has 0 aliphatic carbocycles. The predicted molar refractivity (Wildman–Crippen MR) is 139 cm³/mol. The van der Waals surface area contributed by atoms with Gasteiger partial charge >= 0.3 is 0 Å². The Bertz CT molecular complexity index is 1620. The Kier molecular flexibility index (Phi) is 6.02. The lowest BCUT2D eigenvalue weighted by atomic mass is 9.95. The molecule has 4 aromatic rings. The number of nitro groups is 1. The Morgan fingerprint density at radius 1 is 1.08 bits per heavy atom. The molecule has 36 heavy (non-hydrogen) atoms. The molecule has 5 rings (SSSR count). The first kappa shape index (κ1) is 23.3. The number of rotatable bonds is 7. The molecule has 2 aromatic carbocycles. The van der Waals surface area contributed by atoms with Crippen molar-refractivity contribution >= 4 is 66.7 Å². The lowest BCUT2D eigenvalue weighted by molar-refractivity contribution is -0.525. The van der Waals surface area contributed by atoms with Crippen molar-refractivity contribution in [2.24, 2.45) is 10.7 Å². The second-order valence-electron chi connectivity index (χ2n) is 8.14. The highest BCUT2D eigenvalue weighted by molar-refractivity contribution is 9.10. The minimum atomic E-state index is -0.769. The molecule has 0 bridgehead atoms. The van der Waals surface area contributed by atoms with Crippen LogP contribution >= 0.6 is 15.9 Å². The second kappa shape index (κ2) is 9.30. The van der Waals surface area contributed by atoms with E-state index < -0.39 is 16.8 Å². The first-order valence-electron chi connectivity index (χ1n) is 11.0. The number of amides is 2. The largest absolute Gasteiger partial charge is 0.365 e. The molecule has 12 heteroatoms. The van der Waals surface area contributed by atoms with E-state index in [0.717, 1.165) is 26.3 Å². The molecule has 0 radical (unpaired) electrons. The molecular formula is C24H20BrN7O4. The zero-order chi connectivity index (χ0) is 25.4. The van der Waals surface area contributed by atoms with E-state index >= 15 is 0 Å². The number of nitrogens with zero attached hydrogens (tertiary/aromatic N) is 3. The van der Waals surface area contributed by atoms with E-state index in [2.05, 4.69) is 31.2 Å². The number of aromatic nitrogens is 2. The molecule has 1 aliphatic rings. The van der Waals surface area contributed by atoms with Crippen LogP contribution in [0.2, 0.25) is 0 Å². The van der Waals surface area contributed by atoms with Crippen LogP contribution in [0.15, 0.2) is 64.3 Å². The fraction of sp³-hybridized carbons (Fsp3) is 0.125. The normalized spacial score (nSPS) is 14.2. The number of aliphatic imine (C=N–C) groups is 1. The molecule has 2 amide bonds. The highest BCUT2D eigenvalue weighted by Crippen LogP contribution is 2.39. The minimum absolute atomic E-state index is 0.258. The van der Waals surface area contributed by atoms with Gasteiger partial charge < -0.3 is 15.3 Å². The number of hydrogen-bond donors (Lipinski definition) is 4. The summed E-state index contributed by atoms with van der Waals surface area (Å²) in [5.41, 5.74) is 10.9. The van der Waals surface area contributed by atoms with Crippen molar-refractivity contribution in [2.75, 3.05) is 6.54 Å². The van der Waals surface area contributed by atoms with Crippen LogP contribution in [0, 0.1) is 10.1 Å². The third-order valence-electron chi connectivity index (χ3n) is 5.95. The Balaban J connectivity index is 1.59. The third-order valence-corrected chi connectivity index (χ3v) is 6.59. The number of nitrogens with one attached hydrogen (secondary N) is 3. The van der Waals surface area contributed by atoms with Gasteiger partial charge in [0.2, 0.25) is 0 Å². The van der Waals surface area contributed by atoms with Gasteiger partial charge in [-0.05, 0) is 34.5 Å². The molecule has 0 saturated carbocycles. The van der Waals surface area contributed by atoms with Gasteiger partial charge in [-0.15, -0.1) is 0 Å². The van der Waals surface area contributed by atoms with Crippen LogP contribution in [-0.2, 0) is 16.1 Å². The van der Waals surface area contributed by atoms with Crippen molar-refractivity contribution in [2.45, 2.75) is 13.0 Å². The monoisotopic (exact) mass is 549 g/mol. The molecular weight excluding hydrogens is 530 g/mol. The number of hydrazine groups is 1. The quantitative estimate of drug-likeness (QED) is 0.0691. The summed E-state index contributed by atoms with van der Waals surface area (Å²) in [6.07, 6.45) is 4.12. The molecule has 2 aromatic heterocycles. The van der Waals surface area contributed by atoms with Crippen LogP contribution in [0.5, 0.6) is 0 Å². The molecule has 5 N–H and O–H groups in total. The zero-order valence-corrected chi connectivity index (χ0v) is 20.3. The number of H-pyrrole nitrogens is 1. The van der Waals surface area contributed by atoms with E-state index in [0.29, 0.717) is 35.2 Å². The lowest BCUT2D eigenvalue weighted by Gasteiger charge is -2.05. The molecule has 1 aliphatic heterocycles. The number of aryl methyl sites for hydroxylation is 1. The van der Waals surface area contributed by atoms with Gasteiger partial charge in [0.05, 0.1) is 16.7 Å². The molecule has 182 valence electrons. The second-order valence-corrected chi connectivity index (χ2v) is 9.00. The summed E-state index contributed by atoms with van der Waals surface area (Å²) >= 11 is 3.60. The van der Waals surface area contributed by atoms with Crippen LogP contribution in [0.1, 0.15) is 17.5 Å². The smallest absolute Gasteiger partial charge is 0.259 e. The summed E-state index contributed by atoms with van der Waals surface area (Å²) in [5.74, 6) is -1.17. The third kappa shape index (κ3) is 4.11. The first-order chi connectivity index (χ1) is 17.3. The van der Waals surface area contributed by atoms with Crippen molar-refractivity contribution in [1.82, 2.24) is 20.3 Å². The zero-order valence-electron chi connectivity index (χ0n) is 18.7. The fourth-order valence-electron chi connectivity index (χ4n) is 4.51. The summed E-state index contributed by atoms with van der Waals surface area (Å²) in [7, 11) is 0. The van der Waals surface area contributed by atoms with E-state index in [1.54, 1.807) is 6.20 Å². The Hall–Kier alpha value is -4.45. The van der Waals surface area contributed by atoms with Gasteiger partial charge in [0.25, 0.3) is 17.8 Å². The number of aromatic amines is 1. The Morgan fingerprint density at radius 2 is 1.81 bits per heavy atom. The van der Waals surface area contributed by atoms with Gasteiger partial charge in [-0.3, -0.25) is 14.9 Å².